The topological polar surface area (TPSA) is 43.3 Å². The lowest BCUT2D eigenvalue weighted by molar-refractivity contribution is 0.0937. The summed E-state index contributed by atoms with van der Waals surface area (Å²) in [6.07, 6.45) is 1.82. The number of halogens is 2. The molecule has 1 aromatic heterocycles. The van der Waals surface area contributed by atoms with E-state index in [4.69, 9.17) is 4.74 Å². The number of carbonyl (C=O) groups is 1. The zero-order chi connectivity index (χ0) is 17.8. The number of rotatable bonds is 6. The second kappa shape index (κ2) is 7.44. The Balaban J connectivity index is 1.81. The molecule has 0 saturated heterocycles. The van der Waals surface area contributed by atoms with E-state index in [9.17, 15) is 13.6 Å². The van der Waals surface area contributed by atoms with Crippen LogP contribution in [0.1, 0.15) is 15.9 Å². The largest absolute Gasteiger partial charge is 0.383 e. The Morgan fingerprint density at radius 2 is 2.00 bits per heavy atom. The van der Waals surface area contributed by atoms with Crippen LogP contribution >= 0.6 is 0 Å². The molecule has 3 rings (SSSR count). The van der Waals surface area contributed by atoms with Gasteiger partial charge in [-0.25, -0.2) is 8.78 Å². The van der Waals surface area contributed by atoms with Crippen LogP contribution in [0.4, 0.5) is 8.78 Å². The average Bonchev–Trinajstić information content (AvgIpc) is 2.99. The average molecular weight is 344 g/mol. The maximum absolute atomic E-state index is 13.8. The Morgan fingerprint density at radius 1 is 1.16 bits per heavy atom. The lowest BCUT2D eigenvalue weighted by atomic mass is 10.1. The van der Waals surface area contributed by atoms with Gasteiger partial charge in [-0.2, -0.15) is 0 Å². The van der Waals surface area contributed by atoms with Gasteiger partial charge in [0.25, 0.3) is 5.91 Å². The van der Waals surface area contributed by atoms with Gasteiger partial charge in [0.15, 0.2) is 0 Å². The van der Waals surface area contributed by atoms with Gasteiger partial charge >= 0.3 is 0 Å². The molecular formula is C19H18F2N2O2. The number of aromatic nitrogens is 1. The molecule has 0 unspecified atom stereocenters. The van der Waals surface area contributed by atoms with Crippen molar-refractivity contribution in [3.8, 4) is 0 Å². The van der Waals surface area contributed by atoms with Crippen LogP contribution in [0.25, 0.3) is 10.9 Å². The molecule has 0 aliphatic rings. The first kappa shape index (κ1) is 17.1. The van der Waals surface area contributed by atoms with Crippen molar-refractivity contribution in [2.45, 2.75) is 6.54 Å². The first-order chi connectivity index (χ1) is 12.1. The molecule has 0 aliphatic heterocycles. The van der Waals surface area contributed by atoms with Crippen LogP contribution < -0.4 is 5.32 Å². The number of fused-ring (bicyclic) bond motifs is 1. The van der Waals surface area contributed by atoms with Gasteiger partial charge < -0.3 is 14.6 Å². The number of benzene rings is 2. The predicted octanol–water partition coefficient (Wildman–Crippen LogP) is 3.34. The van der Waals surface area contributed by atoms with Gasteiger partial charge in [-0.05, 0) is 30.3 Å². The fourth-order valence-electron chi connectivity index (χ4n) is 2.68. The second-order valence-electron chi connectivity index (χ2n) is 5.70. The number of amides is 1. The van der Waals surface area contributed by atoms with Gasteiger partial charge in [-0.3, -0.25) is 4.79 Å². The molecule has 0 aliphatic carbocycles. The molecule has 0 radical (unpaired) electrons. The van der Waals surface area contributed by atoms with Crippen molar-refractivity contribution in [3.05, 3.63) is 71.4 Å². The van der Waals surface area contributed by atoms with Crippen LogP contribution in [0.15, 0.2) is 48.7 Å². The molecule has 1 N–H and O–H groups in total. The van der Waals surface area contributed by atoms with Crippen LogP contribution in [-0.4, -0.2) is 30.7 Å². The summed E-state index contributed by atoms with van der Waals surface area (Å²) in [7, 11) is 1.57. The van der Waals surface area contributed by atoms with Gasteiger partial charge in [-0.15, -0.1) is 0 Å². The smallest absolute Gasteiger partial charge is 0.251 e. The standard InChI is InChI=1S/C19H18F2N2O2/c1-25-9-7-22-19(24)14-3-5-18-13(10-14)6-8-23(18)12-15-2-4-16(20)11-17(15)21/h2-6,8,10-11H,7,9,12H2,1H3,(H,22,24). The van der Waals surface area contributed by atoms with E-state index in [1.54, 1.807) is 19.2 Å². The minimum Gasteiger partial charge on any atom is -0.383 e. The van der Waals surface area contributed by atoms with E-state index in [0.29, 0.717) is 24.3 Å². The van der Waals surface area contributed by atoms with Gasteiger partial charge in [-0.1, -0.05) is 6.07 Å². The van der Waals surface area contributed by atoms with E-state index in [-0.39, 0.29) is 12.5 Å². The van der Waals surface area contributed by atoms with Crippen LogP contribution in [-0.2, 0) is 11.3 Å². The molecular weight excluding hydrogens is 326 g/mol. The molecule has 130 valence electrons. The highest BCUT2D eigenvalue weighted by Crippen LogP contribution is 2.20. The van der Waals surface area contributed by atoms with Gasteiger partial charge in [0, 0.05) is 47.9 Å². The Kier molecular flexibility index (Phi) is 5.09. The monoisotopic (exact) mass is 344 g/mol. The van der Waals surface area contributed by atoms with Crippen molar-refractivity contribution >= 4 is 16.8 Å². The summed E-state index contributed by atoms with van der Waals surface area (Å²) in [6, 6.07) is 10.8. The molecule has 0 saturated carbocycles. The summed E-state index contributed by atoms with van der Waals surface area (Å²) < 4.78 is 33.6. The van der Waals surface area contributed by atoms with E-state index in [1.807, 2.05) is 22.9 Å². The van der Waals surface area contributed by atoms with E-state index in [0.717, 1.165) is 17.0 Å². The molecule has 3 aromatic rings. The third-order valence-corrected chi connectivity index (χ3v) is 3.98. The normalized spacial score (nSPS) is 11.0. The Morgan fingerprint density at radius 3 is 2.76 bits per heavy atom. The molecule has 0 atom stereocenters. The SMILES string of the molecule is COCCNC(=O)c1ccc2c(ccn2Cc2ccc(F)cc2F)c1. The molecule has 0 spiro atoms. The van der Waals surface area contributed by atoms with E-state index in [2.05, 4.69) is 5.32 Å². The van der Waals surface area contributed by atoms with Crippen LogP contribution in [0, 0.1) is 11.6 Å². The number of hydrogen-bond acceptors (Lipinski definition) is 2. The quantitative estimate of drug-likeness (QED) is 0.697. The number of nitrogens with one attached hydrogen (secondary N) is 1. The molecule has 0 bridgehead atoms. The van der Waals surface area contributed by atoms with E-state index >= 15 is 0 Å². The molecule has 1 heterocycles. The third-order valence-electron chi connectivity index (χ3n) is 3.98. The number of carbonyl (C=O) groups excluding carboxylic acids is 1. The van der Waals surface area contributed by atoms with Gasteiger partial charge in [0.1, 0.15) is 11.6 Å². The summed E-state index contributed by atoms with van der Waals surface area (Å²) in [4.78, 5) is 12.1. The summed E-state index contributed by atoms with van der Waals surface area (Å²) in [5, 5.41) is 3.64. The van der Waals surface area contributed by atoms with E-state index < -0.39 is 11.6 Å². The number of hydrogen-bond donors (Lipinski definition) is 1. The Labute approximate surface area is 144 Å². The van der Waals surface area contributed by atoms with Gasteiger partial charge in [0.2, 0.25) is 0 Å². The molecule has 4 nitrogen and oxygen atoms in total. The second-order valence-corrected chi connectivity index (χ2v) is 5.70. The minimum atomic E-state index is -0.595. The predicted molar refractivity (Wildman–Crippen MR) is 91.6 cm³/mol. The highest BCUT2D eigenvalue weighted by atomic mass is 19.1. The van der Waals surface area contributed by atoms with Crippen molar-refractivity contribution in [1.29, 1.82) is 0 Å². The number of ether oxygens (including phenoxy) is 1. The Bertz CT molecular complexity index is 906. The number of methoxy groups -OCH3 is 1. The summed E-state index contributed by atoms with van der Waals surface area (Å²) in [5.74, 6) is -1.34. The first-order valence-electron chi connectivity index (χ1n) is 7.88. The van der Waals surface area contributed by atoms with Crippen molar-refractivity contribution < 1.29 is 18.3 Å². The fourth-order valence-corrected chi connectivity index (χ4v) is 2.68. The van der Waals surface area contributed by atoms with Crippen LogP contribution in [0.3, 0.4) is 0 Å². The molecule has 25 heavy (non-hydrogen) atoms. The van der Waals surface area contributed by atoms with E-state index in [1.165, 1.54) is 12.1 Å². The third kappa shape index (κ3) is 3.85. The maximum Gasteiger partial charge on any atom is 0.251 e. The van der Waals surface area contributed by atoms with Crippen molar-refractivity contribution in [3.63, 3.8) is 0 Å². The number of nitrogens with zero attached hydrogens (tertiary/aromatic N) is 1. The summed E-state index contributed by atoms with van der Waals surface area (Å²) in [6.45, 7) is 1.18. The first-order valence-corrected chi connectivity index (χ1v) is 7.88. The molecule has 0 fully saturated rings. The van der Waals surface area contributed by atoms with Crippen molar-refractivity contribution in [1.82, 2.24) is 9.88 Å². The minimum absolute atomic E-state index is 0.170. The molecule has 6 heteroatoms. The summed E-state index contributed by atoms with van der Waals surface area (Å²) >= 11 is 0. The van der Waals surface area contributed by atoms with Crippen LogP contribution in [0.5, 0.6) is 0 Å². The summed E-state index contributed by atoms with van der Waals surface area (Å²) in [5.41, 5.74) is 1.83. The highest BCUT2D eigenvalue weighted by molar-refractivity contribution is 5.98. The van der Waals surface area contributed by atoms with Gasteiger partial charge in [0.05, 0.1) is 13.2 Å². The lowest BCUT2D eigenvalue weighted by Crippen LogP contribution is -2.26. The van der Waals surface area contributed by atoms with Crippen molar-refractivity contribution in [2.24, 2.45) is 0 Å². The Hall–Kier alpha value is -2.73. The molecule has 1 amide bonds. The lowest BCUT2D eigenvalue weighted by Gasteiger charge is -2.08. The van der Waals surface area contributed by atoms with Crippen LogP contribution in [0.2, 0.25) is 0 Å². The zero-order valence-corrected chi connectivity index (χ0v) is 13.8. The zero-order valence-electron chi connectivity index (χ0n) is 13.8. The fraction of sp³-hybridized carbons (Fsp3) is 0.211. The maximum atomic E-state index is 13.8. The highest BCUT2D eigenvalue weighted by Gasteiger charge is 2.10. The molecule has 2 aromatic carbocycles. The van der Waals surface area contributed by atoms with Crippen molar-refractivity contribution in [2.75, 3.05) is 20.3 Å².